The molecule has 188 valence electrons. The average Bonchev–Trinajstić information content (AvgIpc) is 3.60. The van der Waals surface area contributed by atoms with Gasteiger partial charge in [0.1, 0.15) is 0 Å². The van der Waals surface area contributed by atoms with Crippen LogP contribution in [-0.4, -0.2) is 47.3 Å². The minimum Gasteiger partial charge on any atom is -0.385 e. The number of H-pyrrole nitrogens is 1. The molecule has 7 nitrogen and oxygen atoms in total. The highest BCUT2D eigenvalue weighted by atomic mass is 16.2. The monoisotopic (exact) mass is 469 g/mol. The van der Waals surface area contributed by atoms with Crippen molar-refractivity contribution in [2.75, 3.05) is 26.0 Å². The van der Waals surface area contributed by atoms with Crippen LogP contribution in [-0.2, 0) is 13.1 Å². The number of carbonyl (C=O) groups is 1. The molecule has 0 unspecified atom stereocenters. The molecule has 3 N–H and O–H groups in total. The van der Waals surface area contributed by atoms with Crippen molar-refractivity contribution in [2.45, 2.75) is 84.8 Å². The van der Waals surface area contributed by atoms with Crippen LogP contribution in [0.1, 0.15) is 79.0 Å². The second kappa shape index (κ2) is 12.2. The molecule has 2 aliphatic carbocycles. The van der Waals surface area contributed by atoms with Crippen molar-refractivity contribution in [1.82, 2.24) is 20.0 Å². The van der Waals surface area contributed by atoms with Crippen LogP contribution in [0, 0.1) is 19.8 Å². The van der Waals surface area contributed by atoms with E-state index in [4.69, 9.17) is 0 Å². The Morgan fingerprint density at radius 1 is 1.12 bits per heavy atom. The van der Waals surface area contributed by atoms with Gasteiger partial charge < -0.3 is 15.5 Å². The van der Waals surface area contributed by atoms with Gasteiger partial charge in [-0.15, -0.1) is 0 Å². The molecule has 1 heterocycles. The van der Waals surface area contributed by atoms with E-state index in [0.717, 1.165) is 36.1 Å². The lowest BCUT2D eigenvalue weighted by atomic mass is 9.95. The van der Waals surface area contributed by atoms with Crippen LogP contribution in [0.15, 0.2) is 23.0 Å². The van der Waals surface area contributed by atoms with Crippen LogP contribution in [0.2, 0.25) is 0 Å². The molecule has 0 radical (unpaired) electrons. The Hall–Kier alpha value is -2.54. The molecule has 0 atom stereocenters. The zero-order valence-corrected chi connectivity index (χ0v) is 21.7. The minimum absolute atomic E-state index is 0.114. The van der Waals surface area contributed by atoms with E-state index in [1.807, 2.05) is 37.6 Å². The van der Waals surface area contributed by atoms with Crippen LogP contribution in [0.5, 0.6) is 0 Å². The summed E-state index contributed by atoms with van der Waals surface area (Å²) in [6.07, 6.45) is 9.66. The van der Waals surface area contributed by atoms with Crippen LogP contribution >= 0.6 is 0 Å². The van der Waals surface area contributed by atoms with Crippen molar-refractivity contribution in [1.29, 1.82) is 0 Å². The van der Waals surface area contributed by atoms with Gasteiger partial charge in [-0.1, -0.05) is 25.3 Å². The third-order valence-electron chi connectivity index (χ3n) is 7.17. The summed E-state index contributed by atoms with van der Waals surface area (Å²) in [6.45, 7) is 7.78. The number of aromatic nitrogens is 2. The zero-order valence-electron chi connectivity index (χ0n) is 21.7. The van der Waals surface area contributed by atoms with Crippen LogP contribution < -0.4 is 16.2 Å². The van der Waals surface area contributed by atoms with E-state index in [-0.39, 0.29) is 18.0 Å². The van der Waals surface area contributed by atoms with Crippen molar-refractivity contribution >= 4 is 11.6 Å². The van der Waals surface area contributed by atoms with Gasteiger partial charge in [-0.05, 0) is 84.2 Å². The van der Waals surface area contributed by atoms with Gasteiger partial charge in [0.05, 0.1) is 12.1 Å². The fourth-order valence-corrected chi connectivity index (χ4v) is 4.68. The second-order valence-corrected chi connectivity index (χ2v) is 10.0. The normalized spacial score (nSPS) is 16.2. The van der Waals surface area contributed by atoms with E-state index in [9.17, 15) is 9.59 Å². The van der Waals surface area contributed by atoms with Crippen molar-refractivity contribution in [3.63, 3.8) is 0 Å². The largest absolute Gasteiger partial charge is 0.385 e. The predicted molar refractivity (Wildman–Crippen MR) is 140 cm³/mol. The number of benzene rings is 1. The van der Waals surface area contributed by atoms with E-state index in [1.165, 1.54) is 44.9 Å². The molecule has 2 fully saturated rings. The molecule has 2 aliphatic rings. The maximum Gasteiger partial charge on any atom is 0.269 e. The van der Waals surface area contributed by atoms with Gasteiger partial charge in [0.25, 0.3) is 11.5 Å². The second-order valence-electron chi connectivity index (χ2n) is 10.0. The molecule has 0 saturated heterocycles. The van der Waals surface area contributed by atoms with Gasteiger partial charge in [-0.25, -0.2) is 0 Å². The number of nitrogens with zero attached hydrogens (tertiary/aromatic N) is 2. The Balaban J connectivity index is 0.000000302. The number of hydrogen-bond donors (Lipinski definition) is 3. The van der Waals surface area contributed by atoms with E-state index in [1.54, 1.807) is 6.07 Å². The van der Waals surface area contributed by atoms with Crippen LogP contribution in [0.4, 0.5) is 5.69 Å². The van der Waals surface area contributed by atoms with Crippen molar-refractivity contribution < 1.29 is 4.79 Å². The van der Waals surface area contributed by atoms with Crippen LogP contribution in [0.25, 0.3) is 0 Å². The highest BCUT2D eigenvalue weighted by Crippen LogP contribution is 2.30. The average molecular weight is 470 g/mol. The first-order valence-corrected chi connectivity index (χ1v) is 12.9. The molecule has 2 saturated carbocycles. The number of amides is 1. The molecule has 1 aromatic heterocycles. The fourth-order valence-electron chi connectivity index (χ4n) is 4.68. The summed E-state index contributed by atoms with van der Waals surface area (Å²) >= 11 is 0. The zero-order chi connectivity index (χ0) is 24.7. The van der Waals surface area contributed by atoms with E-state index >= 15 is 0 Å². The number of anilines is 1. The van der Waals surface area contributed by atoms with Crippen LogP contribution in [0.3, 0.4) is 0 Å². The summed E-state index contributed by atoms with van der Waals surface area (Å²) in [4.78, 5) is 27.1. The molecule has 0 aliphatic heterocycles. The first kappa shape index (κ1) is 26.1. The molecule has 0 spiro atoms. The maximum atomic E-state index is 12.6. The molecule has 34 heavy (non-hydrogen) atoms. The minimum atomic E-state index is -0.161. The highest BCUT2D eigenvalue weighted by Gasteiger charge is 2.24. The molecule has 1 amide bonds. The smallest absolute Gasteiger partial charge is 0.269 e. The lowest BCUT2D eigenvalue weighted by Gasteiger charge is -2.27. The SMILES string of the molecule is CCNc1cccc(C(=O)NCc2c(C)n(CC3CC3)[nH]c2=O)c1C.CN(C)C1CCCCC1. The Kier molecular flexibility index (Phi) is 9.39. The number of rotatable bonds is 8. The van der Waals surface area contributed by atoms with Crippen molar-refractivity contribution in [3.05, 3.63) is 50.9 Å². The topological polar surface area (TPSA) is 82.2 Å². The Morgan fingerprint density at radius 2 is 1.82 bits per heavy atom. The predicted octanol–water partition coefficient (Wildman–Crippen LogP) is 4.45. The summed E-state index contributed by atoms with van der Waals surface area (Å²) in [6, 6.07) is 6.52. The molecule has 4 rings (SSSR count). The molecule has 2 aromatic rings. The summed E-state index contributed by atoms with van der Waals surface area (Å²) < 4.78 is 1.92. The third-order valence-corrected chi connectivity index (χ3v) is 7.17. The number of aromatic amines is 1. The number of hydrogen-bond acceptors (Lipinski definition) is 4. The van der Waals surface area contributed by atoms with Gasteiger partial charge in [0, 0.05) is 36.1 Å². The first-order chi connectivity index (χ1) is 16.3. The lowest BCUT2D eigenvalue weighted by Crippen LogP contribution is -2.29. The summed E-state index contributed by atoms with van der Waals surface area (Å²) in [5.74, 6) is 0.520. The van der Waals surface area contributed by atoms with E-state index in [2.05, 4.69) is 34.7 Å². The van der Waals surface area contributed by atoms with Crippen molar-refractivity contribution in [3.8, 4) is 0 Å². The fraction of sp³-hybridized carbons (Fsp3) is 0.630. The van der Waals surface area contributed by atoms with Gasteiger partial charge in [-0.3, -0.25) is 19.4 Å². The number of carbonyl (C=O) groups excluding carboxylic acids is 1. The maximum absolute atomic E-state index is 12.6. The lowest BCUT2D eigenvalue weighted by molar-refractivity contribution is 0.0950. The van der Waals surface area contributed by atoms with Gasteiger partial charge >= 0.3 is 0 Å². The summed E-state index contributed by atoms with van der Waals surface area (Å²) in [5.41, 5.74) is 3.94. The Bertz CT molecular complexity index is 997. The summed E-state index contributed by atoms with van der Waals surface area (Å²) in [5, 5.41) is 9.03. The Labute approximate surface area is 204 Å². The number of nitrogens with one attached hydrogen (secondary N) is 3. The highest BCUT2D eigenvalue weighted by molar-refractivity contribution is 5.97. The van der Waals surface area contributed by atoms with Gasteiger partial charge in [-0.2, -0.15) is 0 Å². The first-order valence-electron chi connectivity index (χ1n) is 12.9. The van der Waals surface area contributed by atoms with Gasteiger partial charge in [0.15, 0.2) is 0 Å². The summed E-state index contributed by atoms with van der Waals surface area (Å²) in [7, 11) is 4.38. The van der Waals surface area contributed by atoms with E-state index in [0.29, 0.717) is 17.0 Å². The van der Waals surface area contributed by atoms with Gasteiger partial charge in [0.2, 0.25) is 0 Å². The third kappa shape index (κ3) is 6.98. The Morgan fingerprint density at radius 3 is 2.41 bits per heavy atom. The molecular formula is C27H43N5O2. The quantitative estimate of drug-likeness (QED) is 0.534. The standard InChI is InChI=1S/C19H26N4O2.C8H17N/c1-4-20-17-7-5-6-15(12(17)2)18(24)21-10-16-13(3)23(22-19(16)25)11-14-8-9-14;1-9(2)8-6-4-3-5-7-8/h5-7,14,20H,4,8-11H2,1-3H3,(H,21,24)(H,22,25);8H,3-7H2,1-2H3. The van der Waals surface area contributed by atoms with E-state index < -0.39 is 0 Å². The molecule has 0 bridgehead atoms. The molecular weight excluding hydrogens is 426 g/mol. The molecule has 1 aromatic carbocycles. The molecule has 7 heteroatoms. The van der Waals surface area contributed by atoms with Crippen molar-refractivity contribution in [2.24, 2.45) is 5.92 Å².